The highest BCUT2D eigenvalue weighted by Crippen LogP contribution is 2.33. The molecule has 2 aromatic carbocycles. The van der Waals surface area contributed by atoms with E-state index in [0.29, 0.717) is 37.5 Å². The van der Waals surface area contributed by atoms with Gasteiger partial charge in [0.15, 0.2) is 0 Å². The summed E-state index contributed by atoms with van der Waals surface area (Å²) >= 11 is 0. The van der Waals surface area contributed by atoms with Crippen LogP contribution >= 0.6 is 0 Å². The van der Waals surface area contributed by atoms with Gasteiger partial charge in [0.2, 0.25) is 11.9 Å². The zero-order chi connectivity index (χ0) is 22.8. The molecule has 5 rings (SSSR count). The standard InChI is InChI=1S/C26H24F2N4O/c27-20-5-4-6-21(28)25(20)23-13-12-22(31-23)18-10-8-17(9-11-18)19-15-29-26(30-16-19)32-14-3-1-2-7-24(32)33/h4-6,8-11,15-16,22H,1-3,7,12-14H2. The molecule has 33 heavy (non-hydrogen) atoms. The first-order valence-electron chi connectivity index (χ1n) is 11.3. The van der Waals surface area contributed by atoms with Gasteiger partial charge in [-0.05, 0) is 48.9 Å². The summed E-state index contributed by atoms with van der Waals surface area (Å²) in [5.74, 6) is -0.614. The molecule has 7 heteroatoms. The number of amides is 1. The van der Waals surface area contributed by atoms with Crippen LogP contribution in [-0.4, -0.2) is 28.1 Å². The molecule has 2 aliphatic rings. The molecule has 0 N–H and O–H groups in total. The average molecular weight is 447 g/mol. The maximum atomic E-state index is 14.1. The average Bonchev–Trinajstić information content (AvgIpc) is 3.21. The van der Waals surface area contributed by atoms with Gasteiger partial charge in [0.1, 0.15) is 11.6 Å². The highest BCUT2D eigenvalue weighted by molar-refractivity contribution is 6.02. The minimum atomic E-state index is -0.574. The number of aliphatic imine (C=N–C) groups is 1. The molecule has 1 aromatic heterocycles. The minimum Gasteiger partial charge on any atom is -0.281 e. The Morgan fingerprint density at radius 2 is 1.58 bits per heavy atom. The Balaban J connectivity index is 1.32. The molecular formula is C26H24F2N4O. The second-order valence-electron chi connectivity index (χ2n) is 8.48. The molecule has 168 valence electrons. The third-order valence-corrected chi connectivity index (χ3v) is 6.30. The number of hydrogen-bond acceptors (Lipinski definition) is 4. The molecule has 1 unspecified atom stereocenters. The van der Waals surface area contributed by atoms with Crippen LogP contribution in [0.2, 0.25) is 0 Å². The molecule has 0 bridgehead atoms. The lowest BCUT2D eigenvalue weighted by Gasteiger charge is -2.18. The Bertz CT molecular complexity index is 1170. The summed E-state index contributed by atoms with van der Waals surface area (Å²) in [6, 6.07) is 11.7. The monoisotopic (exact) mass is 446 g/mol. The summed E-state index contributed by atoms with van der Waals surface area (Å²) in [5, 5.41) is 0. The largest absolute Gasteiger partial charge is 0.281 e. The first-order valence-corrected chi connectivity index (χ1v) is 11.3. The number of anilines is 1. The minimum absolute atomic E-state index is 0.0169. The van der Waals surface area contributed by atoms with E-state index in [9.17, 15) is 13.6 Å². The third-order valence-electron chi connectivity index (χ3n) is 6.30. The highest BCUT2D eigenvalue weighted by atomic mass is 19.1. The van der Waals surface area contributed by atoms with Crippen LogP contribution in [0.25, 0.3) is 11.1 Å². The van der Waals surface area contributed by atoms with Crippen molar-refractivity contribution in [1.82, 2.24) is 9.97 Å². The normalized spacial score (nSPS) is 18.8. The van der Waals surface area contributed by atoms with Crippen LogP contribution in [0.4, 0.5) is 14.7 Å². The van der Waals surface area contributed by atoms with Crippen molar-refractivity contribution in [2.75, 3.05) is 11.4 Å². The number of carbonyl (C=O) groups excluding carboxylic acids is 1. The van der Waals surface area contributed by atoms with E-state index in [0.717, 1.165) is 36.0 Å². The van der Waals surface area contributed by atoms with Crippen LogP contribution in [0.15, 0.2) is 59.9 Å². The molecule has 0 radical (unpaired) electrons. The number of halogens is 2. The Hall–Kier alpha value is -3.48. The van der Waals surface area contributed by atoms with Crippen molar-refractivity contribution >= 4 is 17.6 Å². The van der Waals surface area contributed by atoms with E-state index in [1.807, 2.05) is 24.3 Å². The van der Waals surface area contributed by atoms with Crippen molar-refractivity contribution in [1.29, 1.82) is 0 Å². The van der Waals surface area contributed by atoms with E-state index in [-0.39, 0.29) is 17.5 Å². The molecule has 5 nitrogen and oxygen atoms in total. The number of hydrogen-bond donors (Lipinski definition) is 0. The lowest BCUT2D eigenvalue weighted by molar-refractivity contribution is -0.118. The first kappa shape index (κ1) is 21.4. The molecule has 0 saturated carbocycles. The van der Waals surface area contributed by atoms with E-state index >= 15 is 0 Å². The van der Waals surface area contributed by atoms with E-state index in [1.165, 1.54) is 18.2 Å². The summed E-state index contributed by atoms with van der Waals surface area (Å²) in [5.41, 5.74) is 3.27. The van der Waals surface area contributed by atoms with Crippen LogP contribution in [0.5, 0.6) is 0 Å². The fraction of sp³-hybridized carbons (Fsp3) is 0.308. The fourth-order valence-corrected chi connectivity index (χ4v) is 4.50. The molecule has 1 amide bonds. The van der Waals surface area contributed by atoms with Gasteiger partial charge in [-0.15, -0.1) is 0 Å². The SMILES string of the molecule is O=C1CCCCCN1c1ncc(-c2ccc(C3CCC(c4c(F)cccc4F)=N3)cc2)cn1. The predicted octanol–water partition coefficient (Wildman–Crippen LogP) is 5.65. The van der Waals surface area contributed by atoms with Crippen LogP contribution in [-0.2, 0) is 4.79 Å². The van der Waals surface area contributed by atoms with Crippen molar-refractivity contribution < 1.29 is 13.6 Å². The van der Waals surface area contributed by atoms with Gasteiger partial charge in [0.05, 0.1) is 11.6 Å². The van der Waals surface area contributed by atoms with Crippen molar-refractivity contribution in [3.05, 3.63) is 77.6 Å². The van der Waals surface area contributed by atoms with E-state index < -0.39 is 11.6 Å². The zero-order valence-electron chi connectivity index (χ0n) is 18.2. The number of benzene rings is 2. The maximum absolute atomic E-state index is 14.1. The molecular weight excluding hydrogens is 422 g/mol. The quantitative estimate of drug-likeness (QED) is 0.520. The summed E-state index contributed by atoms with van der Waals surface area (Å²) < 4.78 is 28.2. The van der Waals surface area contributed by atoms with Crippen molar-refractivity contribution in [2.24, 2.45) is 4.99 Å². The van der Waals surface area contributed by atoms with Crippen molar-refractivity contribution in [3.8, 4) is 11.1 Å². The lowest BCUT2D eigenvalue weighted by atomic mass is 10.0. The van der Waals surface area contributed by atoms with Crippen LogP contribution in [0, 0.1) is 11.6 Å². The van der Waals surface area contributed by atoms with Gasteiger partial charge in [0.25, 0.3) is 0 Å². The topological polar surface area (TPSA) is 58.5 Å². The number of carbonyl (C=O) groups is 1. The van der Waals surface area contributed by atoms with Gasteiger partial charge < -0.3 is 0 Å². The summed E-state index contributed by atoms with van der Waals surface area (Å²) in [6.45, 7) is 0.660. The lowest BCUT2D eigenvalue weighted by Crippen LogP contribution is -2.31. The number of nitrogens with zero attached hydrogens (tertiary/aromatic N) is 4. The summed E-state index contributed by atoms with van der Waals surface area (Å²) in [4.78, 5) is 27.4. The smallest absolute Gasteiger partial charge is 0.232 e. The van der Waals surface area contributed by atoms with Gasteiger partial charge >= 0.3 is 0 Å². The molecule has 1 atom stereocenters. The zero-order valence-corrected chi connectivity index (χ0v) is 18.2. The third kappa shape index (κ3) is 4.40. The van der Waals surface area contributed by atoms with E-state index in [2.05, 4.69) is 15.0 Å². The van der Waals surface area contributed by atoms with Crippen LogP contribution in [0.3, 0.4) is 0 Å². The van der Waals surface area contributed by atoms with Gasteiger partial charge in [-0.25, -0.2) is 18.7 Å². The second kappa shape index (κ2) is 9.17. The van der Waals surface area contributed by atoms with Gasteiger partial charge in [-0.2, -0.15) is 0 Å². The van der Waals surface area contributed by atoms with E-state index in [4.69, 9.17) is 0 Å². The Labute approximate surface area is 191 Å². The molecule has 1 saturated heterocycles. The molecule has 3 heterocycles. The van der Waals surface area contributed by atoms with Gasteiger partial charge in [-0.3, -0.25) is 14.7 Å². The highest BCUT2D eigenvalue weighted by Gasteiger charge is 2.24. The summed E-state index contributed by atoms with van der Waals surface area (Å²) in [6.07, 6.45) is 8.20. The molecule has 2 aliphatic heterocycles. The van der Waals surface area contributed by atoms with Gasteiger partial charge in [-0.1, -0.05) is 36.8 Å². The van der Waals surface area contributed by atoms with Crippen LogP contribution in [0.1, 0.15) is 55.7 Å². The van der Waals surface area contributed by atoms with Crippen molar-refractivity contribution in [2.45, 2.75) is 44.6 Å². The maximum Gasteiger partial charge on any atom is 0.232 e. The fourth-order valence-electron chi connectivity index (χ4n) is 4.50. The molecule has 3 aromatic rings. The molecule has 1 fully saturated rings. The van der Waals surface area contributed by atoms with Crippen molar-refractivity contribution in [3.63, 3.8) is 0 Å². The molecule has 0 spiro atoms. The summed E-state index contributed by atoms with van der Waals surface area (Å²) in [7, 11) is 0. The van der Waals surface area contributed by atoms with Gasteiger partial charge in [0, 0.05) is 36.6 Å². The molecule has 0 aliphatic carbocycles. The Morgan fingerprint density at radius 3 is 2.30 bits per heavy atom. The van der Waals surface area contributed by atoms with Crippen LogP contribution < -0.4 is 4.90 Å². The Morgan fingerprint density at radius 1 is 0.848 bits per heavy atom. The Kier molecular flexibility index (Phi) is 5.94. The number of rotatable bonds is 4. The van der Waals surface area contributed by atoms with E-state index in [1.54, 1.807) is 17.3 Å². The second-order valence-corrected chi connectivity index (χ2v) is 8.48. The first-order chi connectivity index (χ1) is 16.1. The number of aromatic nitrogens is 2. The predicted molar refractivity (Wildman–Crippen MR) is 123 cm³/mol.